The van der Waals surface area contributed by atoms with Crippen molar-refractivity contribution in [3.05, 3.63) is 0 Å². The van der Waals surface area contributed by atoms with Gasteiger partial charge in [0.2, 0.25) is 0 Å². The maximum absolute atomic E-state index is 5.94. The van der Waals surface area contributed by atoms with Gasteiger partial charge in [-0.1, -0.05) is 12.8 Å². The Morgan fingerprint density at radius 2 is 1.38 bits per heavy atom. The summed E-state index contributed by atoms with van der Waals surface area (Å²) in [7, 11) is 4.88. The maximum Gasteiger partial charge on any atom is 0.500 e. The van der Waals surface area contributed by atoms with Crippen LogP contribution in [0.3, 0.4) is 0 Å². The van der Waals surface area contributed by atoms with Crippen LogP contribution in [0.2, 0.25) is 11.2 Å². The van der Waals surface area contributed by atoms with Gasteiger partial charge in [-0.2, -0.15) is 0 Å². The first-order valence-corrected chi connectivity index (χ1v) is 17.1. The highest BCUT2D eigenvalue weighted by molar-refractivity contribution is 6.73. The minimum Gasteiger partial charge on any atom is -0.377 e. The zero-order valence-corrected chi connectivity index (χ0v) is 25.0. The van der Waals surface area contributed by atoms with Gasteiger partial charge in [-0.05, 0) is 73.4 Å². The summed E-state index contributed by atoms with van der Waals surface area (Å²) in [5.41, 5.74) is 0. The van der Waals surface area contributed by atoms with E-state index in [9.17, 15) is 0 Å². The number of nitrogens with one attached hydrogen (secondary N) is 1. The number of hydrogen-bond acceptors (Lipinski definition) is 8. The fourth-order valence-corrected chi connectivity index (χ4v) is 11.6. The van der Waals surface area contributed by atoms with Crippen molar-refractivity contribution in [2.75, 3.05) is 74.5 Å². The Morgan fingerprint density at radius 3 is 1.84 bits per heavy atom. The molecule has 0 aromatic heterocycles. The largest absolute Gasteiger partial charge is 0.500 e. The molecule has 0 aliphatic heterocycles. The normalized spacial score (nSPS) is 13.8. The Hall–Kier alpha value is 0.331. The average Bonchev–Trinajstić information content (AvgIpc) is 2.77. The molecule has 0 aliphatic carbocycles. The molecule has 0 aliphatic rings. The monoisotopic (exact) mass is 510 g/mol. The van der Waals surface area contributed by atoms with Crippen LogP contribution in [0.15, 0.2) is 0 Å². The number of rotatable bonds is 23. The van der Waals surface area contributed by atoms with Crippen LogP contribution >= 0.6 is 0 Å². The molecular formula is C21H50N2O6Si3. The lowest BCUT2D eigenvalue weighted by Crippen LogP contribution is -2.51. The minimum absolute atomic E-state index is 0.318. The maximum atomic E-state index is 5.94. The molecule has 192 valence electrons. The third kappa shape index (κ3) is 12.7. The van der Waals surface area contributed by atoms with Crippen molar-refractivity contribution in [3.63, 3.8) is 0 Å². The first-order valence-electron chi connectivity index (χ1n) is 12.0. The van der Waals surface area contributed by atoms with Gasteiger partial charge in [0, 0.05) is 52.4 Å². The van der Waals surface area contributed by atoms with E-state index in [4.69, 9.17) is 26.6 Å². The van der Waals surface area contributed by atoms with E-state index in [1.807, 2.05) is 20.8 Å². The van der Waals surface area contributed by atoms with Crippen molar-refractivity contribution in [3.8, 4) is 0 Å². The molecule has 32 heavy (non-hydrogen) atoms. The second kappa shape index (κ2) is 19.6. The fraction of sp³-hybridized carbons (Fsp3) is 1.00. The highest BCUT2D eigenvalue weighted by atomic mass is 28.4. The average molecular weight is 511 g/mol. The van der Waals surface area contributed by atoms with Gasteiger partial charge in [0.15, 0.2) is 0 Å². The van der Waals surface area contributed by atoms with E-state index < -0.39 is 17.6 Å². The van der Waals surface area contributed by atoms with Crippen LogP contribution in [0, 0.1) is 0 Å². The molecule has 0 rings (SSSR count). The van der Waals surface area contributed by atoms with Crippen molar-refractivity contribution in [1.29, 1.82) is 0 Å². The van der Waals surface area contributed by atoms with Crippen LogP contribution in [0.5, 0.6) is 0 Å². The summed E-state index contributed by atoms with van der Waals surface area (Å²) in [5, 5.41) is 3.91. The molecule has 0 fully saturated rings. The summed E-state index contributed by atoms with van der Waals surface area (Å²) in [6, 6.07) is 0.834. The van der Waals surface area contributed by atoms with Crippen LogP contribution in [0.25, 0.3) is 0 Å². The summed E-state index contributed by atoms with van der Waals surface area (Å²) in [6.45, 7) is 9.89. The van der Waals surface area contributed by atoms with Crippen LogP contribution in [-0.4, -0.2) is 107 Å². The highest BCUT2D eigenvalue weighted by Gasteiger charge is 2.46. The lowest BCUT2D eigenvalue weighted by atomic mass is 10.2. The minimum atomic E-state index is -2.65. The van der Waals surface area contributed by atoms with Gasteiger partial charge in [0.25, 0.3) is 0 Å². The summed E-state index contributed by atoms with van der Waals surface area (Å²) >= 11 is 0. The van der Waals surface area contributed by atoms with Crippen molar-refractivity contribution < 1.29 is 26.6 Å². The van der Waals surface area contributed by atoms with Gasteiger partial charge >= 0.3 is 17.6 Å². The predicted octanol–water partition coefficient (Wildman–Crippen LogP) is 3.00. The van der Waals surface area contributed by atoms with Gasteiger partial charge in [0.05, 0.1) is 9.52 Å². The van der Waals surface area contributed by atoms with Gasteiger partial charge in [-0.3, -0.25) is 0 Å². The lowest BCUT2D eigenvalue weighted by Gasteiger charge is -2.32. The Kier molecular flexibility index (Phi) is 19.8. The molecule has 0 aromatic rings. The van der Waals surface area contributed by atoms with E-state index in [1.165, 1.54) is 19.3 Å². The number of nitrogens with zero attached hydrogens (tertiary/aromatic N) is 1. The van der Waals surface area contributed by atoms with Gasteiger partial charge in [-0.25, -0.2) is 0 Å². The van der Waals surface area contributed by atoms with Gasteiger partial charge < -0.3 is 36.8 Å². The van der Waals surface area contributed by atoms with Crippen molar-refractivity contribution in [1.82, 2.24) is 10.2 Å². The SMILES string of the molecule is CCO[Si](CCCNC[Si]C(CCCCCN(C)C)[Si](OC)(OC)OC)(OCC)OCC. The zero-order valence-electron chi connectivity index (χ0n) is 22.0. The molecular weight excluding hydrogens is 460 g/mol. The summed E-state index contributed by atoms with van der Waals surface area (Å²) in [5.74, 6) is 0. The second-order valence-corrected chi connectivity index (χ2v) is 15.8. The first kappa shape index (κ1) is 32.3. The second-order valence-electron chi connectivity index (χ2n) is 7.89. The predicted molar refractivity (Wildman–Crippen MR) is 136 cm³/mol. The molecule has 0 amide bonds. The van der Waals surface area contributed by atoms with Gasteiger partial charge in [-0.15, -0.1) is 0 Å². The molecule has 0 aromatic carbocycles. The number of unbranched alkanes of at least 4 members (excludes halogenated alkanes) is 2. The van der Waals surface area contributed by atoms with E-state index >= 15 is 0 Å². The molecule has 1 unspecified atom stereocenters. The van der Waals surface area contributed by atoms with Crippen LogP contribution in [-0.2, 0) is 26.6 Å². The van der Waals surface area contributed by atoms with Crippen molar-refractivity contribution in [2.45, 2.75) is 64.1 Å². The lowest BCUT2D eigenvalue weighted by molar-refractivity contribution is 0.0708. The van der Waals surface area contributed by atoms with E-state index in [0.29, 0.717) is 34.5 Å². The van der Waals surface area contributed by atoms with Gasteiger partial charge in [0.1, 0.15) is 0 Å². The topological polar surface area (TPSA) is 70.7 Å². The molecule has 2 radical (unpaired) electrons. The van der Waals surface area contributed by atoms with Crippen molar-refractivity contribution in [2.24, 2.45) is 0 Å². The molecule has 0 saturated heterocycles. The molecule has 0 saturated carbocycles. The van der Waals surface area contributed by atoms with E-state index in [1.54, 1.807) is 21.3 Å². The molecule has 1 N–H and O–H groups in total. The fourth-order valence-electron chi connectivity index (χ4n) is 3.75. The third-order valence-corrected chi connectivity index (χ3v) is 14.2. The van der Waals surface area contributed by atoms with E-state index in [2.05, 4.69) is 24.3 Å². The van der Waals surface area contributed by atoms with Crippen LogP contribution in [0.1, 0.15) is 52.9 Å². The Morgan fingerprint density at radius 1 is 0.812 bits per heavy atom. The molecule has 0 bridgehead atoms. The van der Waals surface area contributed by atoms with Crippen LogP contribution < -0.4 is 5.32 Å². The standard InChI is InChI=1S/C21H50N2O6Si3/c1-9-27-31(28-10-2,29-11-3)19-15-17-22-20-30-21(32(24-6,25-7)26-8)16-13-12-14-18-23(4)5/h21-22H,9-20H2,1-8H3. The Labute approximate surface area is 202 Å². The summed E-state index contributed by atoms with van der Waals surface area (Å²) < 4.78 is 35.3. The smallest absolute Gasteiger partial charge is 0.377 e. The molecule has 8 nitrogen and oxygen atoms in total. The quantitative estimate of drug-likeness (QED) is 0.166. The Bertz CT molecular complexity index is 409. The Balaban J connectivity index is 4.60. The van der Waals surface area contributed by atoms with Crippen LogP contribution in [0.4, 0.5) is 0 Å². The summed E-state index contributed by atoms with van der Waals surface area (Å²) in [4.78, 5) is 2.24. The molecule has 11 heteroatoms. The molecule has 1 atom stereocenters. The number of hydrogen-bond donors (Lipinski definition) is 1. The molecule has 0 heterocycles. The third-order valence-electron chi connectivity index (χ3n) is 5.28. The highest BCUT2D eigenvalue weighted by Crippen LogP contribution is 2.28. The van der Waals surface area contributed by atoms with Crippen molar-refractivity contribution >= 4 is 27.1 Å². The van der Waals surface area contributed by atoms with E-state index in [0.717, 1.165) is 38.1 Å². The summed E-state index contributed by atoms with van der Waals surface area (Å²) in [6.07, 6.45) is 6.57. The van der Waals surface area contributed by atoms with E-state index in [-0.39, 0.29) is 0 Å². The first-order chi connectivity index (χ1) is 15.4. The molecule has 0 spiro atoms. The zero-order chi connectivity index (χ0) is 24.3.